The Labute approximate surface area is 143 Å². The van der Waals surface area contributed by atoms with Gasteiger partial charge in [0, 0.05) is 26.1 Å². The molecule has 21 heavy (non-hydrogen) atoms. The van der Waals surface area contributed by atoms with Gasteiger partial charge in [0.05, 0.1) is 13.7 Å². The molecule has 1 aliphatic carbocycles. The Morgan fingerprint density at radius 3 is 2.48 bits per heavy atom. The molecule has 2 rings (SSSR count). The van der Waals surface area contributed by atoms with Crippen molar-refractivity contribution in [1.29, 1.82) is 0 Å². The maximum Gasteiger partial charge on any atom is 0.191 e. The lowest BCUT2D eigenvalue weighted by atomic mass is 10.3. The quantitative estimate of drug-likeness (QED) is 0.328. The van der Waals surface area contributed by atoms with Crippen LogP contribution in [0.1, 0.15) is 19.3 Å². The number of rotatable bonds is 7. The molecule has 0 heterocycles. The van der Waals surface area contributed by atoms with Crippen LogP contribution < -0.4 is 15.2 Å². The van der Waals surface area contributed by atoms with Crippen LogP contribution in [-0.2, 0) is 0 Å². The van der Waals surface area contributed by atoms with E-state index in [-0.39, 0.29) is 24.0 Å². The summed E-state index contributed by atoms with van der Waals surface area (Å²) in [7, 11) is 3.65. The highest BCUT2D eigenvalue weighted by molar-refractivity contribution is 14.0. The summed E-state index contributed by atoms with van der Waals surface area (Å²) in [6.45, 7) is 1.33. The summed E-state index contributed by atoms with van der Waals surface area (Å²) in [6.07, 6.45) is 3.31. The molecule has 1 aliphatic rings. The summed E-state index contributed by atoms with van der Waals surface area (Å²) in [5, 5.41) is 0. The number of hydrogen-bond acceptors (Lipinski definition) is 3. The standard InChI is InChI=1S/C15H23N3O2.HI/c1-18(12-4-5-12)15(16)17-10-3-11-20-14-8-6-13(19-2)7-9-14;/h6-9,12H,3-5,10-11H2,1-2H3,(H2,16,17);1H. The first-order valence-corrected chi connectivity index (χ1v) is 7.00. The zero-order chi connectivity index (χ0) is 14.4. The molecule has 1 aromatic rings. The smallest absolute Gasteiger partial charge is 0.191 e. The van der Waals surface area contributed by atoms with Gasteiger partial charge >= 0.3 is 0 Å². The number of nitrogens with zero attached hydrogens (tertiary/aromatic N) is 2. The molecule has 0 bridgehead atoms. The third-order valence-electron chi connectivity index (χ3n) is 3.36. The molecular formula is C15H24IN3O2. The van der Waals surface area contributed by atoms with Crippen molar-refractivity contribution in [2.24, 2.45) is 10.7 Å². The van der Waals surface area contributed by atoms with Gasteiger partial charge in [0.15, 0.2) is 5.96 Å². The Bertz CT molecular complexity index is 447. The van der Waals surface area contributed by atoms with E-state index in [4.69, 9.17) is 15.2 Å². The molecule has 0 amide bonds. The molecule has 1 saturated carbocycles. The highest BCUT2D eigenvalue weighted by Crippen LogP contribution is 2.24. The molecule has 0 radical (unpaired) electrons. The van der Waals surface area contributed by atoms with E-state index in [9.17, 15) is 0 Å². The number of aliphatic imine (C=N–C) groups is 1. The number of hydrogen-bond donors (Lipinski definition) is 1. The monoisotopic (exact) mass is 405 g/mol. The topological polar surface area (TPSA) is 60.1 Å². The van der Waals surface area contributed by atoms with E-state index in [0.29, 0.717) is 25.2 Å². The highest BCUT2D eigenvalue weighted by Gasteiger charge is 2.27. The van der Waals surface area contributed by atoms with Crippen LogP contribution in [-0.4, -0.2) is 44.2 Å². The van der Waals surface area contributed by atoms with E-state index in [1.165, 1.54) is 12.8 Å². The zero-order valence-corrected chi connectivity index (χ0v) is 14.9. The van der Waals surface area contributed by atoms with E-state index in [1.807, 2.05) is 31.3 Å². The maximum absolute atomic E-state index is 5.90. The molecular weight excluding hydrogens is 381 g/mol. The average molecular weight is 405 g/mol. The fourth-order valence-corrected chi connectivity index (χ4v) is 1.88. The third kappa shape index (κ3) is 5.99. The van der Waals surface area contributed by atoms with E-state index >= 15 is 0 Å². The Hall–Kier alpha value is -1.18. The second kappa shape index (κ2) is 8.96. The molecule has 0 aromatic heterocycles. The molecule has 2 N–H and O–H groups in total. The first-order chi connectivity index (χ1) is 9.70. The summed E-state index contributed by atoms with van der Waals surface area (Å²) >= 11 is 0. The molecule has 0 unspecified atom stereocenters. The molecule has 6 heteroatoms. The van der Waals surface area contributed by atoms with Crippen LogP contribution >= 0.6 is 24.0 Å². The van der Waals surface area contributed by atoms with Gasteiger partial charge in [0.25, 0.3) is 0 Å². The van der Waals surface area contributed by atoms with Crippen molar-refractivity contribution in [3.8, 4) is 11.5 Å². The molecule has 1 fully saturated rings. The lowest BCUT2D eigenvalue weighted by Crippen LogP contribution is -2.35. The SMILES string of the molecule is COc1ccc(OCCCN=C(N)N(C)C2CC2)cc1.I. The van der Waals surface area contributed by atoms with Gasteiger partial charge in [0.2, 0.25) is 0 Å². The summed E-state index contributed by atoms with van der Waals surface area (Å²) in [4.78, 5) is 6.42. The van der Waals surface area contributed by atoms with Gasteiger partial charge < -0.3 is 20.1 Å². The van der Waals surface area contributed by atoms with Gasteiger partial charge in [0.1, 0.15) is 11.5 Å². The van der Waals surface area contributed by atoms with Gasteiger partial charge in [-0.25, -0.2) is 0 Å². The fourth-order valence-electron chi connectivity index (χ4n) is 1.88. The van der Waals surface area contributed by atoms with Crippen molar-refractivity contribution in [3.63, 3.8) is 0 Å². The van der Waals surface area contributed by atoms with E-state index < -0.39 is 0 Å². The summed E-state index contributed by atoms with van der Waals surface area (Å²) < 4.78 is 10.7. The van der Waals surface area contributed by atoms with Gasteiger partial charge in [-0.3, -0.25) is 4.99 Å². The molecule has 0 saturated heterocycles. The number of ether oxygens (including phenoxy) is 2. The number of methoxy groups -OCH3 is 1. The minimum atomic E-state index is 0. The van der Waals surface area contributed by atoms with Gasteiger partial charge in [-0.2, -0.15) is 0 Å². The van der Waals surface area contributed by atoms with Crippen LogP contribution in [0.4, 0.5) is 0 Å². The van der Waals surface area contributed by atoms with Crippen molar-refractivity contribution in [2.75, 3.05) is 27.3 Å². The fraction of sp³-hybridized carbons (Fsp3) is 0.533. The van der Waals surface area contributed by atoms with Gasteiger partial charge in [-0.15, -0.1) is 24.0 Å². The average Bonchev–Trinajstić information content (AvgIpc) is 3.31. The third-order valence-corrected chi connectivity index (χ3v) is 3.36. The van der Waals surface area contributed by atoms with Crippen LogP contribution in [0.3, 0.4) is 0 Å². The van der Waals surface area contributed by atoms with Crippen molar-refractivity contribution in [1.82, 2.24) is 4.90 Å². The van der Waals surface area contributed by atoms with Gasteiger partial charge in [-0.05, 0) is 37.1 Å². The van der Waals surface area contributed by atoms with Crippen molar-refractivity contribution in [2.45, 2.75) is 25.3 Å². The van der Waals surface area contributed by atoms with Crippen molar-refractivity contribution >= 4 is 29.9 Å². The molecule has 1 aromatic carbocycles. The minimum Gasteiger partial charge on any atom is -0.497 e. The summed E-state index contributed by atoms with van der Waals surface area (Å²) in [5.41, 5.74) is 5.90. The van der Waals surface area contributed by atoms with E-state index in [1.54, 1.807) is 7.11 Å². The number of nitrogens with two attached hydrogens (primary N) is 1. The number of guanidine groups is 1. The second-order valence-corrected chi connectivity index (χ2v) is 4.96. The number of benzene rings is 1. The van der Waals surface area contributed by atoms with Crippen LogP contribution in [0.2, 0.25) is 0 Å². The predicted octanol–water partition coefficient (Wildman–Crippen LogP) is 2.49. The Morgan fingerprint density at radius 1 is 1.29 bits per heavy atom. The Balaban J connectivity index is 0.00000220. The number of halogens is 1. The van der Waals surface area contributed by atoms with Crippen LogP contribution in [0.25, 0.3) is 0 Å². The molecule has 0 spiro atoms. The predicted molar refractivity (Wildman–Crippen MR) is 95.8 cm³/mol. The van der Waals surface area contributed by atoms with Crippen molar-refractivity contribution in [3.05, 3.63) is 24.3 Å². The first kappa shape index (κ1) is 17.9. The largest absolute Gasteiger partial charge is 0.497 e. The second-order valence-electron chi connectivity index (χ2n) is 4.96. The van der Waals surface area contributed by atoms with Crippen molar-refractivity contribution < 1.29 is 9.47 Å². The lowest BCUT2D eigenvalue weighted by molar-refractivity contribution is 0.312. The van der Waals surface area contributed by atoms with Crippen LogP contribution in [0.5, 0.6) is 11.5 Å². The zero-order valence-electron chi connectivity index (χ0n) is 12.6. The normalized spacial score (nSPS) is 14.3. The Kier molecular flexibility index (Phi) is 7.63. The molecule has 118 valence electrons. The maximum atomic E-state index is 5.90. The van der Waals surface area contributed by atoms with Crippen LogP contribution in [0, 0.1) is 0 Å². The minimum absolute atomic E-state index is 0. The van der Waals surface area contributed by atoms with E-state index in [0.717, 1.165) is 17.9 Å². The summed E-state index contributed by atoms with van der Waals surface area (Å²) in [6, 6.07) is 8.18. The molecule has 0 aliphatic heterocycles. The van der Waals surface area contributed by atoms with E-state index in [2.05, 4.69) is 9.89 Å². The highest BCUT2D eigenvalue weighted by atomic mass is 127. The lowest BCUT2D eigenvalue weighted by Gasteiger charge is -2.16. The molecule has 5 nitrogen and oxygen atoms in total. The van der Waals surface area contributed by atoms with Crippen LogP contribution in [0.15, 0.2) is 29.3 Å². The molecule has 0 atom stereocenters. The summed E-state index contributed by atoms with van der Waals surface area (Å²) in [5.74, 6) is 2.31. The Morgan fingerprint density at radius 2 is 1.90 bits per heavy atom. The van der Waals surface area contributed by atoms with Gasteiger partial charge in [-0.1, -0.05) is 0 Å². The first-order valence-electron chi connectivity index (χ1n) is 7.00.